The molecule has 0 radical (unpaired) electrons. The maximum Gasteiger partial charge on any atom is 0.256 e. The van der Waals surface area contributed by atoms with E-state index in [4.69, 9.17) is 0 Å². The van der Waals surface area contributed by atoms with Crippen molar-refractivity contribution in [1.82, 2.24) is 25.0 Å². The first-order chi connectivity index (χ1) is 19.3. The van der Waals surface area contributed by atoms with Crippen LogP contribution in [-0.4, -0.2) is 57.7 Å². The lowest BCUT2D eigenvalue weighted by Crippen LogP contribution is -2.35. The number of fused-ring (bicyclic) bond motifs is 1. The highest BCUT2D eigenvalue weighted by Crippen LogP contribution is 2.37. The molecular weight excluding hydrogens is 500 g/mol. The highest BCUT2D eigenvalue weighted by Gasteiger charge is 2.26. The van der Waals surface area contributed by atoms with E-state index in [1.165, 1.54) is 5.56 Å². The fourth-order valence-corrected chi connectivity index (χ4v) is 5.25. The molecule has 4 aromatic rings. The summed E-state index contributed by atoms with van der Waals surface area (Å²) in [6, 6.07) is 14.1. The van der Waals surface area contributed by atoms with Crippen LogP contribution in [0.15, 0.2) is 54.9 Å². The number of carbonyl (C=O) groups excluding carboxylic acids is 2. The number of benzene rings is 2. The van der Waals surface area contributed by atoms with Gasteiger partial charge in [-0.15, -0.1) is 0 Å². The number of hydrogen-bond donors (Lipinski definition) is 3. The number of amides is 2. The molecule has 0 fully saturated rings. The highest BCUT2D eigenvalue weighted by molar-refractivity contribution is 6.35. The van der Waals surface area contributed by atoms with E-state index in [-0.39, 0.29) is 11.8 Å². The number of aryl methyl sites for hydroxylation is 2. The number of anilines is 1. The molecule has 0 atom stereocenters. The molecule has 0 saturated heterocycles. The SMILES string of the molecule is CCN(CC)CCNC(=O)c1c(C)[nH]c(/C=C2\C(=O)Nc3ccc(-c4cnn(-c5cccc(C)c5)c4)cc32)c1C. The average Bonchev–Trinajstić information content (AvgIpc) is 3.62. The van der Waals surface area contributed by atoms with Gasteiger partial charge in [-0.05, 0) is 80.9 Å². The molecule has 1 aliphatic heterocycles. The Balaban J connectivity index is 1.41. The van der Waals surface area contributed by atoms with Crippen LogP contribution in [0, 0.1) is 20.8 Å². The van der Waals surface area contributed by atoms with Gasteiger partial charge in [0.1, 0.15) is 0 Å². The average molecular weight is 537 g/mol. The maximum atomic E-state index is 13.0. The number of aromatic nitrogens is 3. The number of hydrogen-bond acceptors (Lipinski definition) is 4. The largest absolute Gasteiger partial charge is 0.358 e. The fourth-order valence-electron chi connectivity index (χ4n) is 5.25. The molecule has 1 aliphatic rings. The van der Waals surface area contributed by atoms with Gasteiger partial charge < -0.3 is 20.5 Å². The summed E-state index contributed by atoms with van der Waals surface area (Å²) in [5.74, 6) is -0.272. The van der Waals surface area contributed by atoms with Gasteiger partial charge in [0, 0.05) is 47.5 Å². The minimum absolute atomic E-state index is 0.104. The summed E-state index contributed by atoms with van der Waals surface area (Å²) >= 11 is 0. The van der Waals surface area contributed by atoms with Crippen molar-refractivity contribution in [3.05, 3.63) is 88.5 Å². The molecule has 0 spiro atoms. The molecule has 2 amide bonds. The second-order valence-corrected chi connectivity index (χ2v) is 10.2. The summed E-state index contributed by atoms with van der Waals surface area (Å²) in [5, 5.41) is 10.6. The van der Waals surface area contributed by atoms with Gasteiger partial charge in [0.25, 0.3) is 11.8 Å². The van der Waals surface area contributed by atoms with E-state index < -0.39 is 0 Å². The van der Waals surface area contributed by atoms with Crippen LogP contribution in [0.25, 0.3) is 28.5 Å². The first-order valence-corrected chi connectivity index (χ1v) is 13.8. The third-order valence-corrected chi connectivity index (χ3v) is 7.58. The maximum absolute atomic E-state index is 13.0. The van der Waals surface area contributed by atoms with E-state index in [0.717, 1.165) is 64.7 Å². The Bertz CT molecular complexity index is 1610. The van der Waals surface area contributed by atoms with E-state index in [9.17, 15) is 9.59 Å². The highest BCUT2D eigenvalue weighted by atomic mass is 16.2. The second-order valence-electron chi connectivity index (χ2n) is 10.2. The van der Waals surface area contributed by atoms with Crippen molar-refractivity contribution in [2.75, 3.05) is 31.5 Å². The van der Waals surface area contributed by atoms with Gasteiger partial charge in [-0.1, -0.05) is 32.0 Å². The van der Waals surface area contributed by atoms with Crippen LogP contribution in [0.2, 0.25) is 0 Å². The molecule has 5 rings (SSSR count). The molecule has 40 heavy (non-hydrogen) atoms. The topological polar surface area (TPSA) is 95.1 Å². The smallest absolute Gasteiger partial charge is 0.256 e. The van der Waals surface area contributed by atoms with Crippen LogP contribution >= 0.6 is 0 Å². The summed E-state index contributed by atoms with van der Waals surface area (Å²) in [6.45, 7) is 13.4. The zero-order valence-electron chi connectivity index (χ0n) is 23.8. The standard InChI is InChI=1S/C32H36N6O2/c1-6-37(7-2)14-13-33-32(40)30-21(4)29(35-22(30)5)17-27-26-16-23(11-12-28(26)36-31(27)39)24-18-34-38(19-24)25-10-8-9-20(3)15-25/h8-12,15-19,35H,6-7,13-14H2,1-5H3,(H,33,40)(H,36,39)/b27-17-. The van der Waals surface area contributed by atoms with Gasteiger partial charge in [-0.25, -0.2) is 4.68 Å². The van der Waals surface area contributed by atoms with Crippen molar-refractivity contribution >= 4 is 29.2 Å². The van der Waals surface area contributed by atoms with Crippen molar-refractivity contribution in [3.8, 4) is 16.8 Å². The molecule has 8 nitrogen and oxygen atoms in total. The third-order valence-electron chi connectivity index (χ3n) is 7.58. The minimum atomic E-state index is -0.167. The van der Waals surface area contributed by atoms with Gasteiger partial charge in [0.2, 0.25) is 0 Å². The van der Waals surface area contributed by atoms with Crippen molar-refractivity contribution in [2.24, 2.45) is 0 Å². The Morgan fingerprint density at radius 2 is 1.88 bits per heavy atom. The zero-order chi connectivity index (χ0) is 28.4. The van der Waals surface area contributed by atoms with Gasteiger partial charge in [-0.2, -0.15) is 5.10 Å². The summed E-state index contributed by atoms with van der Waals surface area (Å²) in [4.78, 5) is 31.6. The monoisotopic (exact) mass is 536 g/mol. The fraction of sp³-hybridized carbons (Fsp3) is 0.281. The second kappa shape index (κ2) is 11.4. The molecule has 3 N–H and O–H groups in total. The van der Waals surface area contributed by atoms with Crippen LogP contribution in [0.1, 0.15) is 52.3 Å². The lowest BCUT2D eigenvalue weighted by molar-refractivity contribution is -0.110. The van der Waals surface area contributed by atoms with E-state index in [2.05, 4.69) is 58.5 Å². The molecule has 8 heteroatoms. The normalized spacial score (nSPS) is 13.7. The van der Waals surface area contributed by atoms with Crippen LogP contribution in [0.3, 0.4) is 0 Å². The minimum Gasteiger partial charge on any atom is -0.358 e. The number of nitrogens with zero attached hydrogens (tertiary/aromatic N) is 3. The molecule has 0 bridgehead atoms. The third kappa shape index (κ3) is 5.35. The Morgan fingerprint density at radius 3 is 2.62 bits per heavy atom. The molecule has 0 aliphatic carbocycles. The van der Waals surface area contributed by atoms with Crippen LogP contribution < -0.4 is 10.6 Å². The van der Waals surface area contributed by atoms with E-state index >= 15 is 0 Å². The summed E-state index contributed by atoms with van der Waals surface area (Å²) in [7, 11) is 0. The molecule has 0 unspecified atom stereocenters. The number of aromatic amines is 1. The van der Waals surface area contributed by atoms with Gasteiger partial charge in [0.05, 0.1) is 23.0 Å². The van der Waals surface area contributed by atoms with E-state index in [1.807, 2.05) is 67.3 Å². The summed E-state index contributed by atoms with van der Waals surface area (Å²) < 4.78 is 1.86. The predicted molar refractivity (Wildman–Crippen MR) is 161 cm³/mol. The Morgan fingerprint density at radius 1 is 1.07 bits per heavy atom. The molecular formula is C32H36N6O2. The van der Waals surface area contributed by atoms with E-state index in [0.29, 0.717) is 17.7 Å². The summed E-state index contributed by atoms with van der Waals surface area (Å²) in [6.07, 6.45) is 5.67. The molecule has 2 aromatic carbocycles. The van der Waals surface area contributed by atoms with Gasteiger partial charge in [-0.3, -0.25) is 9.59 Å². The number of rotatable bonds is 9. The van der Waals surface area contributed by atoms with Crippen LogP contribution in [0.5, 0.6) is 0 Å². The lowest BCUT2D eigenvalue weighted by atomic mass is 10.00. The van der Waals surface area contributed by atoms with Crippen molar-refractivity contribution < 1.29 is 9.59 Å². The first-order valence-electron chi connectivity index (χ1n) is 13.8. The Labute approximate surface area is 235 Å². The van der Waals surface area contributed by atoms with Gasteiger partial charge >= 0.3 is 0 Å². The predicted octanol–water partition coefficient (Wildman–Crippen LogP) is 5.36. The summed E-state index contributed by atoms with van der Waals surface area (Å²) in [5.41, 5.74) is 9.21. The number of nitrogens with one attached hydrogen (secondary N) is 3. The van der Waals surface area contributed by atoms with Crippen LogP contribution in [-0.2, 0) is 4.79 Å². The molecule has 3 heterocycles. The van der Waals surface area contributed by atoms with Gasteiger partial charge in [0.15, 0.2) is 0 Å². The number of carbonyl (C=O) groups is 2. The van der Waals surface area contributed by atoms with Crippen molar-refractivity contribution in [1.29, 1.82) is 0 Å². The van der Waals surface area contributed by atoms with Crippen LogP contribution in [0.4, 0.5) is 5.69 Å². The Hall–Kier alpha value is -4.43. The van der Waals surface area contributed by atoms with E-state index in [1.54, 1.807) is 0 Å². The Kier molecular flexibility index (Phi) is 7.71. The molecule has 0 saturated carbocycles. The molecule has 2 aromatic heterocycles. The number of likely N-dealkylation sites (N-methyl/N-ethyl adjacent to an activating group) is 1. The first kappa shape index (κ1) is 27.1. The van der Waals surface area contributed by atoms with Crippen molar-refractivity contribution in [2.45, 2.75) is 34.6 Å². The molecule has 206 valence electrons. The number of H-pyrrole nitrogens is 1. The lowest BCUT2D eigenvalue weighted by Gasteiger charge is -2.18. The quantitative estimate of drug-likeness (QED) is 0.251. The van der Waals surface area contributed by atoms with Crippen molar-refractivity contribution in [3.63, 3.8) is 0 Å². The zero-order valence-corrected chi connectivity index (χ0v) is 23.8.